The molecular weight excluding hydrogens is 184 g/mol. The predicted octanol–water partition coefficient (Wildman–Crippen LogP) is 3.08. The van der Waals surface area contributed by atoms with Gasteiger partial charge in [0.15, 0.2) is 0 Å². The molecule has 0 heterocycles. The van der Waals surface area contributed by atoms with Crippen LogP contribution >= 0.6 is 0 Å². The van der Waals surface area contributed by atoms with Crippen molar-refractivity contribution in [3.05, 3.63) is 47.5 Å². The molecule has 2 aromatic rings. The van der Waals surface area contributed by atoms with E-state index in [4.69, 9.17) is 5.11 Å². The van der Waals surface area contributed by atoms with Gasteiger partial charge in [0, 0.05) is 10.9 Å². The largest absolute Gasteiger partial charge is 0.462 e. The number of rotatable bonds is 1. The Morgan fingerprint density at radius 2 is 1.87 bits per heavy atom. The maximum Gasteiger partial charge on any atom is 0.113 e. The van der Waals surface area contributed by atoms with Crippen LogP contribution in [0.4, 0.5) is 0 Å². The Kier molecular flexibility index (Phi) is 2.60. The summed E-state index contributed by atoms with van der Waals surface area (Å²) in [5, 5.41) is 11.0. The van der Waals surface area contributed by atoms with Crippen molar-refractivity contribution >= 4 is 10.8 Å². The van der Waals surface area contributed by atoms with Crippen molar-refractivity contribution < 1.29 is 5.11 Å². The van der Waals surface area contributed by atoms with Crippen LogP contribution in [0.2, 0.25) is 0 Å². The first-order chi connectivity index (χ1) is 7.36. The molecule has 0 saturated heterocycles. The summed E-state index contributed by atoms with van der Waals surface area (Å²) in [6.07, 6.45) is 2.95. The minimum Gasteiger partial charge on any atom is -0.462 e. The molecule has 0 spiro atoms. The summed E-state index contributed by atoms with van der Waals surface area (Å²) in [7, 11) is 0. The summed E-state index contributed by atoms with van der Waals surface area (Å²) < 4.78 is 0. The molecule has 0 bridgehead atoms. The summed E-state index contributed by atoms with van der Waals surface area (Å²) in [4.78, 5) is 0. The topological polar surface area (TPSA) is 20.2 Å². The second-order valence-electron chi connectivity index (χ2n) is 3.41. The number of benzene rings is 2. The lowest BCUT2D eigenvalue weighted by Gasteiger charge is -2.05. The van der Waals surface area contributed by atoms with Crippen LogP contribution < -0.4 is 0 Å². The van der Waals surface area contributed by atoms with Crippen molar-refractivity contribution in [3.63, 3.8) is 0 Å². The normalized spacial score (nSPS) is 9.67. The average Bonchev–Trinajstić information content (AvgIpc) is 2.29. The molecule has 0 aliphatic carbocycles. The number of hydrogen-bond acceptors (Lipinski definition) is 1. The van der Waals surface area contributed by atoms with E-state index >= 15 is 0 Å². The van der Waals surface area contributed by atoms with Crippen LogP contribution in [0.3, 0.4) is 0 Å². The molecule has 0 unspecified atom stereocenters. The van der Waals surface area contributed by atoms with Gasteiger partial charge in [-0.25, -0.2) is 0 Å². The fourth-order valence-electron chi connectivity index (χ4n) is 1.88. The molecule has 0 aliphatic rings. The minimum atomic E-state index is 0.896. The summed E-state index contributed by atoms with van der Waals surface area (Å²) >= 11 is 0. The molecule has 1 nitrogen and oxygen atoms in total. The molecule has 0 fully saturated rings. The van der Waals surface area contributed by atoms with E-state index < -0.39 is 0 Å². The number of fused-ring (bicyclic) bond motifs is 1. The van der Waals surface area contributed by atoms with Gasteiger partial charge in [0.2, 0.25) is 0 Å². The number of aliphatic hydroxyl groups is 1. The highest BCUT2D eigenvalue weighted by atomic mass is 16.2. The second-order valence-corrected chi connectivity index (χ2v) is 3.41. The third-order valence-electron chi connectivity index (χ3n) is 2.56. The number of hydrogen-bond donors (Lipinski definition) is 1. The molecular formula is C14H12O. The molecule has 2 aromatic carbocycles. The molecule has 74 valence electrons. The lowest BCUT2D eigenvalue weighted by molar-refractivity contribution is 0.517. The van der Waals surface area contributed by atoms with Gasteiger partial charge in [-0.2, -0.15) is 0 Å². The van der Waals surface area contributed by atoms with E-state index in [-0.39, 0.29) is 0 Å². The van der Waals surface area contributed by atoms with Gasteiger partial charge < -0.3 is 5.11 Å². The standard InChI is InChI=1S/C14H12O/c1-2-11-5-3-6-12-7-4-8-13(9-10-15)14(11)12/h3-8,15H,2H2,1H3. The van der Waals surface area contributed by atoms with Crippen molar-refractivity contribution in [1.29, 1.82) is 0 Å². The van der Waals surface area contributed by atoms with Crippen molar-refractivity contribution in [2.24, 2.45) is 0 Å². The molecule has 2 rings (SSSR count). The molecule has 0 saturated carbocycles. The van der Waals surface area contributed by atoms with Crippen molar-refractivity contribution in [3.8, 4) is 12.0 Å². The van der Waals surface area contributed by atoms with Crippen LogP contribution in [0.5, 0.6) is 0 Å². The monoisotopic (exact) mass is 196 g/mol. The molecule has 1 heteroatoms. The fraction of sp³-hybridized carbons (Fsp3) is 0.143. The zero-order valence-corrected chi connectivity index (χ0v) is 8.62. The number of aliphatic hydroxyl groups excluding tert-OH is 1. The van der Waals surface area contributed by atoms with E-state index in [1.807, 2.05) is 18.2 Å². The zero-order chi connectivity index (χ0) is 10.7. The highest BCUT2D eigenvalue weighted by molar-refractivity contribution is 5.91. The Labute approximate surface area is 89.4 Å². The van der Waals surface area contributed by atoms with Gasteiger partial charge >= 0.3 is 0 Å². The Bertz CT molecular complexity index is 539. The summed E-state index contributed by atoms with van der Waals surface area (Å²) in [6, 6.07) is 12.2. The Balaban J connectivity index is 2.84. The summed E-state index contributed by atoms with van der Waals surface area (Å²) in [5.74, 6) is 2.73. The Morgan fingerprint density at radius 1 is 1.13 bits per heavy atom. The summed E-state index contributed by atoms with van der Waals surface area (Å²) in [6.45, 7) is 2.12. The quantitative estimate of drug-likeness (QED) is 0.695. The first-order valence-electron chi connectivity index (χ1n) is 5.02. The van der Waals surface area contributed by atoms with Crippen LogP contribution in [-0.4, -0.2) is 5.11 Å². The lowest BCUT2D eigenvalue weighted by Crippen LogP contribution is -1.87. The van der Waals surface area contributed by atoms with Crippen molar-refractivity contribution in [2.75, 3.05) is 0 Å². The summed E-state index contributed by atoms with van der Waals surface area (Å²) in [5.41, 5.74) is 2.17. The van der Waals surface area contributed by atoms with Crippen molar-refractivity contribution in [1.82, 2.24) is 0 Å². The van der Waals surface area contributed by atoms with Crippen molar-refractivity contribution in [2.45, 2.75) is 13.3 Å². The van der Waals surface area contributed by atoms with E-state index in [1.165, 1.54) is 10.9 Å². The van der Waals surface area contributed by atoms with Crippen LogP contribution in [0, 0.1) is 12.0 Å². The molecule has 0 radical (unpaired) electrons. The highest BCUT2D eigenvalue weighted by Gasteiger charge is 2.02. The fourth-order valence-corrected chi connectivity index (χ4v) is 1.88. The lowest BCUT2D eigenvalue weighted by atomic mass is 9.98. The van der Waals surface area contributed by atoms with Gasteiger partial charge in [-0.05, 0) is 29.4 Å². The van der Waals surface area contributed by atoms with Gasteiger partial charge in [0.25, 0.3) is 0 Å². The molecule has 0 aromatic heterocycles. The van der Waals surface area contributed by atoms with E-state index in [2.05, 4.69) is 37.1 Å². The maximum atomic E-state index is 8.68. The first-order valence-corrected chi connectivity index (χ1v) is 5.02. The van der Waals surface area contributed by atoms with Crippen LogP contribution in [0.15, 0.2) is 36.4 Å². The molecule has 0 aliphatic heterocycles. The maximum absolute atomic E-state index is 8.68. The molecule has 1 N–H and O–H groups in total. The van der Waals surface area contributed by atoms with Gasteiger partial charge in [0.05, 0.1) is 0 Å². The zero-order valence-electron chi connectivity index (χ0n) is 8.62. The van der Waals surface area contributed by atoms with Gasteiger partial charge in [-0.1, -0.05) is 37.3 Å². The van der Waals surface area contributed by atoms with E-state index in [0.29, 0.717) is 0 Å². The minimum absolute atomic E-state index is 0.896. The second kappa shape index (κ2) is 4.06. The SMILES string of the molecule is CCc1cccc2cccc(C#CO)c12. The molecule has 0 amide bonds. The van der Waals surface area contributed by atoms with Crippen LogP contribution in [-0.2, 0) is 6.42 Å². The smallest absolute Gasteiger partial charge is 0.113 e. The Morgan fingerprint density at radius 3 is 2.53 bits per heavy atom. The first kappa shape index (κ1) is 9.61. The number of aryl methyl sites for hydroxylation is 1. The van der Waals surface area contributed by atoms with Gasteiger partial charge in [0.1, 0.15) is 6.11 Å². The molecule has 15 heavy (non-hydrogen) atoms. The van der Waals surface area contributed by atoms with Crippen LogP contribution in [0.25, 0.3) is 10.8 Å². The van der Waals surface area contributed by atoms with E-state index in [9.17, 15) is 0 Å². The van der Waals surface area contributed by atoms with E-state index in [0.717, 1.165) is 17.4 Å². The third-order valence-corrected chi connectivity index (χ3v) is 2.56. The van der Waals surface area contributed by atoms with E-state index in [1.54, 1.807) is 0 Å². The van der Waals surface area contributed by atoms with Gasteiger partial charge in [-0.15, -0.1) is 0 Å². The predicted molar refractivity (Wildman–Crippen MR) is 62.1 cm³/mol. The third kappa shape index (κ3) is 1.67. The Hall–Kier alpha value is -1.94. The highest BCUT2D eigenvalue weighted by Crippen LogP contribution is 2.22. The van der Waals surface area contributed by atoms with Crippen LogP contribution in [0.1, 0.15) is 18.1 Å². The van der Waals surface area contributed by atoms with Gasteiger partial charge in [-0.3, -0.25) is 0 Å². The molecule has 0 atom stereocenters. The average molecular weight is 196 g/mol.